The molecule has 3 nitrogen and oxygen atoms in total. The minimum Gasteiger partial charge on any atom is -0.248 e. The van der Waals surface area contributed by atoms with Crippen LogP contribution in [0.4, 0.5) is 0 Å². The number of rotatable bonds is 0. The molecular formula is C5H5N3. The first kappa shape index (κ1) is 4.98. The maximum atomic E-state index is 8.35. The zero-order valence-corrected chi connectivity index (χ0v) is 4.50. The second kappa shape index (κ2) is 1.41. The highest BCUT2D eigenvalue weighted by atomic mass is 15.1. The van der Waals surface area contributed by atoms with Gasteiger partial charge in [0.15, 0.2) is 0 Å². The van der Waals surface area contributed by atoms with Crippen molar-refractivity contribution in [2.45, 2.75) is 12.6 Å². The van der Waals surface area contributed by atoms with Gasteiger partial charge in [-0.3, -0.25) is 0 Å². The van der Waals surface area contributed by atoms with E-state index in [0.29, 0.717) is 0 Å². The highest BCUT2D eigenvalue weighted by molar-refractivity contribution is 6.17. The molecular weight excluding hydrogens is 102 g/mol. The quantitative estimate of drug-likeness (QED) is 0.441. The molecule has 0 N–H and O–H groups in total. The molecule has 0 fully saturated rings. The summed E-state index contributed by atoms with van der Waals surface area (Å²) in [4.78, 5) is 7.56. The third kappa shape index (κ3) is 0.604. The summed E-state index contributed by atoms with van der Waals surface area (Å²) in [6.07, 6.45) is 3.06. The van der Waals surface area contributed by atoms with E-state index in [1.807, 2.05) is 6.07 Å². The first-order valence-corrected chi connectivity index (χ1v) is 2.27. The van der Waals surface area contributed by atoms with Crippen molar-refractivity contribution in [1.82, 2.24) is 0 Å². The van der Waals surface area contributed by atoms with Crippen molar-refractivity contribution in [2.75, 3.05) is 0 Å². The van der Waals surface area contributed by atoms with Crippen molar-refractivity contribution < 1.29 is 0 Å². The van der Waals surface area contributed by atoms with Crippen LogP contribution in [0.25, 0.3) is 0 Å². The Morgan fingerprint density at radius 3 is 2.25 bits per heavy atom. The van der Waals surface area contributed by atoms with Crippen LogP contribution in [-0.2, 0) is 0 Å². The fourth-order valence-electron chi connectivity index (χ4n) is 0.448. The highest BCUT2D eigenvalue weighted by Gasteiger charge is 2.20. The van der Waals surface area contributed by atoms with Crippen LogP contribution in [-0.4, -0.2) is 18.1 Å². The number of hydrogen-bond acceptors (Lipinski definition) is 3. The van der Waals surface area contributed by atoms with E-state index in [1.165, 1.54) is 12.4 Å². The van der Waals surface area contributed by atoms with E-state index in [-0.39, 0.29) is 0 Å². The Morgan fingerprint density at radius 2 is 2.00 bits per heavy atom. The third-order valence-electron chi connectivity index (χ3n) is 0.930. The van der Waals surface area contributed by atoms with Gasteiger partial charge in [0.1, 0.15) is 6.07 Å². The molecule has 0 atom stereocenters. The van der Waals surface area contributed by atoms with Crippen LogP contribution in [0.5, 0.6) is 0 Å². The van der Waals surface area contributed by atoms with Gasteiger partial charge in [0.05, 0.1) is 0 Å². The summed E-state index contributed by atoms with van der Waals surface area (Å²) in [7, 11) is 0. The molecule has 0 unspecified atom stereocenters. The lowest BCUT2D eigenvalue weighted by atomic mass is 10.3. The van der Waals surface area contributed by atoms with Gasteiger partial charge in [-0.15, -0.1) is 0 Å². The molecule has 1 aliphatic rings. The monoisotopic (exact) mass is 107 g/mol. The number of hydrogen-bond donors (Lipinski definition) is 0. The second-order valence-electron chi connectivity index (χ2n) is 1.69. The fourth-order valence-corrected chi connectivity index (χ4v) is 0.448. The molecule has 0 aromatic carbocycles. The van der Waals surface area contributed by atoms with Crippen molar-refractivity contribution in [3.8, 4) is 6.07 Å². The Morgan fingerprint density at radius 1 is 1.50 bits per heavy atom. The molecule has 1 rings (SSSR count). The van der Waals surface area contributed by atoms with Crippen LogP contribution in [0.3, 0.4) is 0 Å². The highest BCUT2D eigenvalue weighted by Crippen LogP contribution is 2.11. The van der Waals surface area contributed by atoms with E-state index < -0.39 is 5.66 Å². The minimum atomic E-state index is -0.819. The number of nitrogens with zero attached hydrogens (tertiary/aromatic N) is 3. The van der Waals surface area contributed by atoms with Gasteiger partial charge < -0.3 is 0 Å². The summed E-state index contributed by atoms with van der Waals surface area (Å²) in [5.74, 6) is 0. The van der Waals surface area contributed by atoms with Crippen LogP contribution >= 0.6 is 0 Å². The maximum absolute atomic E-state index is 8.35. The molecule has 0 radical (unpaired) electrons. The van der Waals surface area contributed by atoms with E-state index in [2.05, 4.69) is 9.98 Å². The molecule has 0 bridgehead atoms. The Kier molecular flexibility index (Phi) is 0.876. The van der Waals surface area contributed by atoms with Crippen LogP contribution in [0.15, 0.2) is 9.98 Å². The number of aliphatic imine (C=N–C) groups is 2. The molecule has 8 heavy (non-hydrogen) atoms. The van der Waals surface area contributed by atoms with E-state index in [1.54, 1.807) is 6.92 Å². The molecule has 0 aliphatic carbocycles. The van der Waals surface area contributed by atoms with Gasteiger partial charge in [-0.2, -0.15) is 5.26 Å². The fraction of sp³-hybridized carbons (Fsp3) is 0.400. The predicted molar refractivity (Wildman–Crippen MR) is 31.0 cm³/mol. The van der Waals surface area contributed by atoms with Crippen molar-refractivity contribution in [3.05, 3.63) is 0 Å². The van der Waals surface area contributed by atoms with Crippen molar-refractivity contribution in [2.24, 2.45) is 9.98 Å². The first-order valence-electron chi connectivity index (χ1n) is 2.27. The van der Waals surface area contributed by atoms with E-state index in [0.717, 1.165) is 0 Å². The molecule has 0 saturated heterocycles. The lowest BCUT2D eigenvalue weighted by Gasteiger charge is -2.02. The Balaban J connectivity index is 2.89. The van der Waals surface area contributed by atoms with Crippen molar-refractivity contribution >= 4 is 12.4 Å². The summed E-state index contributed by atoms with van der Waals surface area (Å²) in [5.41, 5.74) is -0.819. The summed E-state index contributed by atoms with van der Waals surface area (Å²) in [5, 5.41) is 8.35. The summed E-state index contributed by atoms with van der Waals surface area (Å²) in [6.45, 7) is 1.66. The van der Waals surface area contributed by atoms with Crippen LogP contribution < -0.4 is 0 Å². The summed E-state index contributed by atoms with van der Waals surface area (Å²) < 4.78 is 0. The van der Waals surface area contributed by atoms with Crippen molar-refractivity contribution in [1.29, 1.82) is 5.26 Å². The topological polar surface area (TPSA) is 48.5 Å². The molecule has 1 aliphatic heterocycles. The van der Waals surface area contributed by atoms with Gasteiger partial charge in [-0.05, 0) is 6.92 Å². The normalized spacial score (nSPS) is 21.0. The van der Waals surface area contributed by atoms with Gasteiger partial charge in [-0.1, -0.05) is 0 Å². The van der Waals surface area contributed by atoms with Crippen LogP contribution in [0, 0.1) is 11.3 Å². The second-order valence-corrected chi connectivity index (χ2v) is 1.69. The molecule has 0 saturated carbocycles. The molecule has 0 aromatic rings. The summed E-state index contributed by atoms with van der Waals surface area (Å²) in [6, 6.07) is 1.94. The maximum Gasteiger partial charge on any atom is 0.234 e. The van der Waals surface area contributed by atoms with E-state index in [9.17, 15) is 0 Å². The Bertz CT molecular complexity index is 172. The predicted octanol–water partition coefficient (Wildman–Crippen LogP) is 0.381. The van der Waals surface area contributed by atoms with E-state index >= 15 is 0 Å². The third-order valence-corrected chi connectivity index (χ3v) is 0.930. The smallest absolute Gasteiger partial charge is 0.234 e. The average molecular weight is 107 g/mol. The van der Waals surface area contributed by atoms with Gasteiger partial charge in [0.25, 0.3) is 0 Å². The lowest BCUT2D eigenvalue weighted by Crippen LogP contribution is -2.11. The SMILES string of the molecule is CC1(C#N)N=CC=N1. The molecule has 3 heteroatoms. The Labute approximate surface area is 47.4 Å². The summed E-state index contributed by atoms with van der Waals surface area (Å²) >= 11 is 0. The minimum absolute atomic E-state index is 0.819. The largest absolute Gasteiger partial charge is 0.248 e. The number of nitriles is 1. The molecule has 0 aromatic heterocycles. The van der Waals surface area contributed by atoms with Gasteiger partial charge in [0.2, 0.25) is 5.66 Å². The van der Waals surface area contributed by atoms with E-state index in [4.69, 9.17) is 5.26 Å². The zero-order chi connectivity index (χ0) is 6.04. The van der Waals surface area contributed by atoms with Crippen LogP contribution in [0.1, 0.15) is 6.92 Å². The Hall–Kier alpha value is -1.17. The van der Waals surface area contributed by atoms with Gasteiger partial charge in [0, 0.05) is 12.4 Å². The first-order chi connectivity index (χ1) is 3.77. The van der Waals surface area contributed by atoms with Crippen LogP contribution in [0.2, 0.25) is 0 Å². The molecule has 0 spiro atoms. The lowest BCUT2D eigenvalue weighted by molar-refractivity contribution is 0.657. The van der Waals surface area contributed by atoms with Gasteiger partial charge in [-0.25, -0.2) is 9.98 Å². The van der Waals surface area contributed by atoms with Gasteiger partial charge >= 0.3 is 0 Å². The molecule has 1 heterocycles. The van der Waals surface area contributed by atoms with Crippen molar-refractivity contribution in [3.63, 3.8) is 0 Å². The average Bonchev–Trinajstić information content (AvgIpc) is 2.17. The standard InChI is InChI=1S/C5H5N3/c1-5(4-6)7-2-3-8-5/h2-3H,1H3. The molecule has 40 valence electrons. The zero-order valence-electron chi connectivity index (χ0n) is 4.50. The molecule has 0 amide bonds.